The van der Waals surface area contributed by atoms with Crippen LogP contribution in [-0.4, -0.2) is 19.7 Å². The number of carbonyl (C=O) groups excluding carboxylic acids is 1. The number of hydrogen-bond acceptors (Lipinski definition) is 2. The summed E-state index contributed by atoms with van der Waals surface area (Å²) >= 11 is 0. The molecule has 2 N–H and O–H groups in total. The molecule has 0 fully saturated rings. The summed E-state index contributed by atoms with van der Waals surface area (Å²) < 4.78 is 5.10. The third-order valence-corrected chi connectivity index (χ3v) is 3.43. The average molecular weight is 310 g/mol. The number of nitrogens with one attached hydrogen (secondary N) is 2. The summed E-state index contributed by atoms with van der Waals surface area (Å²) in [5.41, 5.74) is 3.44. The molecule has 0 heterocycles. The fourth-order valence-corrected chi connectivity index (χ4v) is 2.05. The molecule has 0 spiro atoms. The molecule has 0 atom stereocenters. The van der Waals surface area contributed by atoms with Crippen molar-refractivity contribution in [3.05, 3.63) is 71.4 Å². The topological polar surface area (TPSA) is 50.4 Å². The van der Waals surface area contributed by atoms with Gasteiger partial charge in [-0.25, -0.2) is 4.79 Å². The fourth-order valence-electron chi connectivity index (χ4n) is 2.05. The second-order valence-corrected chi connectivity index (χ2v) is 5.24. The Hall–Kier alpha value is -2.75. The van der Waals surface area contributed by atoms with E-state index in [-0.39, 0.29) is 6.03 Å². The van der Waals surface area contributed by atoms with Gasteiger partial charge in [-0.1, -0.05) is 42.0 Å². The molecule has 23 heavy (non-hydrogen) atoms. The number of amides is 2. The zero-order valence-corrected chi connectivity index (χ0v) is 13.5. The van der Waals surface area contributed by atoms with Gasteiger partial charge in [0.1, 0.15) is 5.75 Å². The molecule has 4 nitrogen and oxygen atoms in total. The summed E-state index contributed by atoms with van der Waals surface area (Å²) in [6, 6.07) is 15.7. The quantitative estimate of drug-likeness (QED) is 0.858. The van der Waals surface area contributed by atoms with E-state index in [1.807, 2.05) is 30.3 Å². The van der Waals surface area contributed by atoms with Gasteiger partial charge in [-0.2, -0.15) is 0 Å². The monoisotopic (exact) mass is 310 g/mol. The van der Waals surface area contributed by atoms with E-state index in [2.05, 4.69) is 41.8 Å². The van der Waals surface area contributed by atoms with Crippen molar-refractivity contribution in [2.45, 2.75) is 13.3 Å². The van der Waals surface area contributed by atoms with E-state index in [1.54, 1.807) is 13.3 Å². The number of hydrogen-bond donors (Lipinski definition) is 2. The van der Waals surface area contributed by atoms with Gasteiger partial charge in [0.15, 0.2) is 0 Å². The molecule has 0 aliphatic heterocycles. The summed E-state index contributed by atoms with van der Waals surface area (Å²) in [6.07, 6.45) is 4.28. The maximum absolute atomic E-state index is 11.7. The zero-order chi connectivity index (χ0) is 16.5. The molecule has 2 rings (SSSR count). The molecule has 2 amide bonds. The Morgan fingerprint density at radius 1 is 1.09 bits per heavy atom. The predicted octanol–water partition coefficient (Wildman–Crippen LogP) is 3.52. The first-order valence-corrected chi connectivity index (χ1v) is 7.58. The molecule has 0 aliphatic carbocycles. The molecule has 120 valence electrons. The molecule has 0 saturated carbocycles. The minimum atomic E-state index is -0.207. The van der Waals surface area contributed by atoms with Crippen LogP contribution in [0.3, 0.4) is 0 Å². The van der Waals surface area contributed by atoms with Gasteiger partial charge in [-0.15, -0.1) is 0 Å². The lowest BCUT2D eigenvalue weighted by molar-refractivity contribution is 0.244. The van der Waals surface area contributed by atoms with Gasteiger partial charge in [0.25, 0.3) is 0 Å². The average Bonchev–Trinajstić information content (AvgIpc) is 2.57. The second-order valence-electron chi connectivity index (χ2n) is 5.24. The number of benzene rings is 2. The predicted molar refractivity (Wildman–Crippen MR) is 93.4 cm³/mol. The Kier molecular flexibility index (Phi) is 6.24. The number of carbonyl (C=O) groups is 1. The lowest BCUT2D eigenvalue weighted by atomic mass is 10.1. The Balaban J connectivity index is 1.69. The van der Waals surface area contributed by atoms with Crippen LogP contribution >= 0.6 is 0 Å². The fraction of sp³-hybridized carbons (Fsp3) is 0.211. The SMILES string of the molecule is COc1ccc(/C=C/NC(=O)NCCc2ccc(C)cc2)cc1. The van der Waals surface area contributed by atoms with Crippen LogP contribution in [0.4, 0.5) is 4.79 Å². The molecule has 0 radical (unpaired) electrons. The van der Waals surface area contributed by atoms with Crippen molar-refractivity contribution >= 4 is 12.1 Å². The van der Waals surface area contributed by atoms with Crippen molar-refractivity contribution in [3.63, 3.8) is 0 Å². The lowest BCUT2D eigenvalue weighted by Crippen LogP contribution is -2.33. The number of rotatable bonds is 6. The largest absolute Gasteiger partial charge is 0.497 e. The highest BCUT2D eigenvalue weighted by atomic mass is 16.5. The molecule has 0 bridgehead atoms. The van der Waals surface area contributed by atoms with Crippen molar-refractivity contribution in [1.29, 1.82) is 0 Å². The maximum atomic E-state index is 11.7. The smallest absolute Gasteiger partial charge is 0.318 e. The Bertz CT molecular complexity index is 646. The molecule has 0 unspecified atom stereocenters. The number of ether oxygens (including phenoxy) is 1. The van der Waals surface area contributed by atoms with E-state index in [0.29, 0.717) is 6.54 Å². The Morgan fingerprint density at radius 3 is 2.43 bits per heavy atom. The van der Waals surface area contributed by atoms with Crippen LogP contribution in [0.5, 0.6) is 5.75 Å². The second kappa shape index (κ2) is 8.63. The van der Waals surface area contributed by atoms with Crippen LogP contribution in [-0.2, 0) is 6.42 Å². The summed E-state index contributed by atoms with van der Waals surface area (Å²) in [5.74, 6) is 0.809. The van der Waals surface area contributed by atoms with E-state index in [1.165, 1.54) is 11.1 Å². The highest BCUT2D eigenvalue weighted by molar-refractivity contribution is 5.75. The van der Waals surface area contributed by atoms with Gasteiger partial charge >= 0.3 is 6.03 Å². The van der Waals surface area contributed by atoms with E-state index in [0.717, 1.165) is 17.7 Å². The highest BCUT2D eigenvalue weighted by Crippen LogP contribution is 2.11. The van der Waals surface area contributed by atoms with Gasteiger partial charge < -0.3 is 15.4 Å². The third kappa shape index (κ3) is 5.87. The molecule has 0 saturated heterocycles. The first kappa shape index (κ1) is 16.6. The molecule has 4 heteroatoms. The van der Waals surface area contributed by atoms with Crippen LogP contribution in [0.25, 0.3) is 6.08 Å². The van der Waals surface area contributed by atoms with Gasteiger partial charge in [0.05, 0.1) is 7.11 Å². The zero-order valence-electron chi connectivity index (χ0n) is 13.5. The standard InChI is InChI=1S/C19H22N2O2/c1-15-3-5-16(6-4-15)11-13-20-19(22)21-14-12-17-7-9-18(23-2)10-8-17/h3-10,12,14H,11,13H2,1-2H3,(H2,20,21,22)/b14-12+. The molecular weight excluding hydrogens is 288 g/mol. The molecule has 0 aromatic heterocycles. The summed E-state index contributed by atoms with van der Waals surface area (Å²) in [4.78, 5) is 11.7. The Labute approximate surface area is 137 Å². The van der Waals surface area contributed by atoms with Crippen molar-refractivity contribution in [2.75, 3.05) is 13.7 Å². The van der Waals surface area contributed by atoms with Crippen LogP contribution in [0.2, 0.25) is 0 Å². The summed E-state index contributed by atoms with van der Waals surface area (Å²) in [7, 11) is 1.63. The van der Waals surface area contributed by atoms with E-state index < -0.39 is 0 Å². The molecule has 2 aromatic carbocycles. The van der Waals surface area contributed by atoms with Crippen molar-refractivity contribution < 1.29 is 9.53 Å². The lowest BCUT2D eigenvalue weighted by Gasteiger charge is -2.05. The minimum absolute atomic E-state index is 0.207. The van der Waals surface area contributed by atoms with Crippen molar-refractivity contribution in [1.82, 2.24) is 10.6 Å². The number of aryl methyl sites for hydroxylation is 1. The highest BCUT2D eigenvalue weighted by Gasteiger charge is 1.97. The van der Waals surface area contributed by atoms with E-state index in [4.69, 9.17) is 4.74 Å². The number of methoxy groups -OCH3 is 1. The van der Waals surface area contributed by atoms with Gasteiger partial charge in [0.2, 0.25) is 0 Å². The molecule has 0 aliphatic rings. The van der Waals surface area contributed by atoms with Crippen molar-refractivity contribution in [3.8, 4) is 5.75 Å². The summed E-state index contributed by atoms with van der Waals surface area (Å²) in [6.45, 7) is 2.66. The normalized spacial score (nSPS) is 10.5. The molecular formula is C19H22N2O2. The van der Waals surface area contributed by atoms with Crippen LogP contribution in [0, 0.1) is 6.92 Å². The van der Waals surface area contributed by atoms with Crippen LogP contribution < -0.4 is 15.4 Å². The Morgan fingerprint density at radius 2 is 1.78 bits per heavy atom. The first-order valence-electron chi connectivity index (χ1n) is 7.58. The van der Waals surface area contributed by atoms with Gasteiger partial charge in [0, 0.05) is 12.7 Å². The minimum Gasteiger partial charge on any atom is -0.497 e. The van der Waals surface area contributed by atoms with E-state index >= 15 is 0 Å². The van der Waals surface area contributed by atoms with E-state index in [9.17, 15) is 4.79 Å². The number of urea groups is 1. The van der Waals surface area contributed by atoms with Gasteiger partial charge in [-0.3, -0.25) is 0 Å². The van der Waals surface area contributed by atoms with Crippen LogP contribution in [0.1, 0.15) is 16.7 Å². The molecule has 2 aromatic rings. The van der Waals surface area contributed by atoms with Crippen LogP contribution in [0.15, 0.2) is 54.7 Å². The summed E-state index contributed by atoms with van der Waals surface area (Å²) in [5, 5.41) is 5.52. The third-order valence-electron chi connectivity index (χ3n) is 3.43. The van der Waals surface area contributed by atoms with Crippen molar-refractivity contribution in [2.24, 2.45) is 0 Å². The first-order chi connectivity index (χ1) is 11.2. The maximum Gasteiger partial charge on any atom is 0.318 e. The van der Waals surface area contributed by atoms with Gasteiger partial charge in [-0.05, 0) is 42.7 Å².